The van der Waals surface area contributed by atoms with E-state index in [1.54, 1.807) is 11.3 Å². The Hall–Kier alpha value is -0.760. The van der Waals surface area contributed by atoms with E-state index in [-0.39, 0.29) is 0 Å². The van der Waals surface area contributed by atoms with Crippen molar-refractivity contribution in [2.75, 3.05) is 6.54 Å². The van der Waals surface area contributed by atoms with Gasteiger partial charge in [-0.2, -0.15) is 0 Å². The van der Waals surface area contributed by atoms with Crippen molar-refractivity contribution < 1.29 is 0 Å². The third-order valence-electron chi connectivity index (χ3n) is 1.64. The summed E-state index contributed by atoms with van der Waals surface area (Å²) in [5.74, 6) is 0. The van der Waals surface area contributed by atoms with Crippen LogP contribution in [0.25, 0.3) is 5.70 Å². The molecule has 1 heterocycles. The maximum atomic E-state index is 3.39. The molecule has 66 valence electrons. The Morgan fingerprint density at radius 3 is 3.00 bits per heavy atom. The van der Waals surface area contributed by atoms with Crippen LogP contribution in [-0.4, -0.2) is 6.54 Å². The van der Waals surface area contributed by atoms with Gasteiger partial charge in [-0.15, -0.1) is 11.3 Å². The molecule has 0 aromatic carbocycles. The second-order valence-corrected chi connectivity index (χ2v) is 3.55. The van der Waals surface area contributed by atoms with Crippen LogP contribution in [0.1, 0.15) is 25.1 Å². The summed E-state index contributed by atoms with van der Waals surface area (Å²) in [4.78, 5) is 1.32. The molecule has 0 saturated heterocycles. The standard InChI is InChI=1S/C10H15NS/c1-3-7-11-9(4-2)10-6-5-8-12-10/h4-6,8,11H,3,7H2,1-2H3/b9-4-. The van der Waals surface area contributed by atoms with Gasteiger partial charge in [-0.3, -0.25) is 0 Å². The van der Waals surface area contributed by atoms with E-state index in [1.807, 2.05) is 0 Å². The number of nitrogens with one attached hydrogen (secondary N) is 1. The predicted molar refractivity (Wildman–Crippen MR) is 56.3 cm³/mol. The van der Waals surface area contributed by atoms with Crippen molar-refractivity contribution in [3.05, 3.63) is 28.5 Å². The summed E-state index contributed by atoms with van der Waals surface area (Å²) in [5, 5.41) is 5.50. The van der Waals surface area contributed by atoms with E-state index in [2.05, 4.69) is 42.8 Å². The van der Waals surface area contributed by atoms with Crippen LogP contribution in [0.4, 0.5) is 0 Å². The van der Waals surface area contributed by atoms with Gasteiger partial charge in [0.1, 0.15) is 0 Å². The normalized spacial score (nSPS) is 11.7. The molecule has 0 saturated carbocycles. The summed E-state index contributed by atoms with van der Waals surface area (Å²) in [6.45, 7) is 5.30. The van der Waals surface area contributed by atoms with Crippen LogP contribution in [0.5, 0.6) is 0 Å². The maximum Gasteiger partial charge on any atom is 0.0498 e. The van der Waals surface area contributed by atoms with Gasteiger partial charge in [0.25, 0.3) is 0 Å². The van der Waals surface area contributed by atoms with E-state index in [9.17, 15) is 0 Å². The van der Waals surface area contributed by atoms with Crippen LogP contribution in [0.3, 0.4) is 0 Å². The van der Waals surface area contributed by atoms with E-state index in [1.165, 1.54) is 17.0 Å². The first-order valence-corrected chi connectivity index (χ1v) is 5.20. The van der Waals surface area contributed by atoms with Gasteiger partial charge in [-0.25, -0.2) is 0 Å². The number of hydrogen-bond acceptors (Lipinski definition) is 2. The predicted octanol–water partition coefficient (Wildman–Crippen LogP) is 3.11. The highest BCUT2D eigenvalue weighted by molar-refractivity contribution is 7.11. The zero-order valence-corrected chi connectivity index (χ0v) is 8.45. The van der Waals surface area contributed by atoms with Crippen molar-refractivity contribution in [1.29, 1.82) is 0 Å². The Morgan fingerprint density at radius 1 is 1.67 bits per heavy atom. The van der Waals surface area contributed by atoms with Crippen LogP contribution in [-0.2, 0) is 0 Å². The van der Waals surface area contributed by atoms with Gasteiger partial charge < -0.3 is 5.32 Å². The van der Waals surface area contributed by atoms with Crippen molar-refractivity contribution >= 4 is 17.0 Å². The molecule has 0 aliphatic rings. The largest absolute Gasteiger partial charge is 0.384 e. The molecular weight excluding hydrogens is 166 g/mol. The minimum Gasteiger partial charge on any atom is -0.384 e. The van der Waals surface area contributed by atoms with Crippen molar-refractivity contribution in [3.63, 3.8) is 0 Å². The van der Waals surface area contributed by atoms with E-state index in [0.717, 1.165) is 6.54 Å². The van der Waals surface area contributed by atoms with Gasteiger partial charge >= 0.3 is 0 Å². The summed E-state index contributed by atoms with van der Waals surface area (Å²) in [6.07, 6.45) is 3.30. The average molecular weight is 181 g/mol. The van der Waals surface area contributed by atoms with E-state index in [4.69, 9.17) is 0 Å². The van der Waals surface area contributed by atoms with E-state index < -0.39 is 0 Å². The molecule has 1 aromatic heterocycles. The van der Waals surface area contributed by atoms with Crippen LogP contribution in [0.2, 0.25) is 0 Å². The van der Waals surface area contributed by atoms with Crippen molar-refractivity contribution in [3.8, 4) is 0 Å². The molecule has 0 fully saturated rings. The van der Waals surface area contributed by atoms with Gasteiger partial charge in [0.15, 0.2) is 0 Å². The molecule has 0 bridgehead atoms. The lowest BCUT2D eigenvalue weighted by molar-refractivity contribution is 0.824. The molecule has 1 N–H and O–H groups in total. The number of hydrogen-bond donors (Lipinski definition) is 1. The van der Waals surface area contributed by atoms with Crippen LogP contribution < -0.4 is 5.32 Å². The molecule has 0 unspecified atom stereocenters. The minimum absolute atomic E-state index is 1.05. The van der Waals surface area contributed by atoms with Gasteiger partial charge in [0.2, 0.25) is 0 Å². The highest BCUT2D eigenvalue weighted by atomic mass is 32.1. The van der Waals surface area contributed by atoms with Gasteiger partial charge in [-0.1, -0.05) is 19.1 Å². The lowest BCUT2D eigenvalue weighted by Gasteiger charge is -2.06. The quantitative estimate of drug-likeness (QED) is 0.752. The van der Waals surface area contributed by atoms with Crippen LogP contribution >= 0.6 is 11.3 Å². The smallest absolute Gasteiger partial charge is 0.0498 e. The Labute approximate surface area is 78.1 Å². The molecule has 0 amide bonds. The Morgan fingerprint density at radius 2 is 2.50 bits per heavy atom. The lowest BCUT2D eigenvalue weighted by atomic mass is 10.3. The minimum atomic E-state index is 1.05. The molecule has 1 nitrogen and oxygen atoms in total. The Kier molecular flexibility index (Phi) is 3.88. The first-order valence-electron chi connectivity index (χ1n) is 4.32. The third-order valence-corrected chi connectivity index (χ3v) is 2.54. The van der Waals surface area contributed by atoms with Gasteiger partial charge in [0, 0.05) is 17.1 Å². The van der Waals surface area contributed by atoms with Gasteiger partial charge in [-0.05, 0) is 24.8 Å². The topological polar surface area (TPSA) is 12.0 Å². The Balaban J connectivity index is 2.59. The fourth-order valence-corrected chi connectivity index (χ4v) is 1.80. The highest BCUT2D eigenvalue weighted by Gasteiger charge is 1.98. The molecule has 12 heavy (non-hydrogen) atoms. The van der Waals surface area contributed by atoms with E-state index >= 15 is 0 Å². The van der Waals surface area contributed by atoms with Crippen molar-refractivity contribution in [2.45, 2.75) is 20.3 Å². The summed E-state index contributed by atoms with van der Waals surface area (Å²) in [7, 11) is 0. The summed E-state index contributed by atoms with van der Waals surface area (Å²) < 4.78 is 0. The second kappa shape index (κ2) is 4.99. The van der Waals surface area contributed by atoms with Crippen LogP contribution in [0.15, 0.2) is 23.6 Å². The molecule has 0 atom stereocenters. The molecule has 0 radical (unpaired) electrons. The average Bonchev–Trinajstić information content (AvgIpc) is 2.59. The Bertz CT molecular complexity index is 236. The number of rotatable bonds is 4. The third kappa shape index (κ3) is 2.38. The zero-order valence-electron chi connectivity index (χ0n) is 7.63. The SMILES string of the molecule is C/C=C(\NCCC)c1cccs1. The van der Waals surface area contributed by atoms with Crippen molar-refractivity contribution in [1.82, 2.24) is 5.32 Å². The summed E-state index contributed by atoms with van der Waals surface area (Å²) in [5.41, 5.74) is 1.26. The number of thiophene rings is 1. The van der Waals surface area contributed by atoms with E-state index in [0.29, 0.717) is 0 Å². The lowest BCUT2D eigenvalue weighted by Crippen LogP contribution is -2.11. The second-order valence-electron chi connectivity index (χ2n) is 2.61. The molecule has 0 spiro atoms. The van der Waals surface area contributed by atoms with Crippen LogP contribution in [0, 0.1) is 0 Å². The first kappa shape index (κ1) is 9.33. The molecule has 0 aliphatic heterocycles. The zero-order chi connectivity index (χ0) is 8.81. The summed E-state index contributed by atoms with van der Waals surface area (Å²) in [6, 6.07) is 4.22. The molecule has 1 aromatic rings. The monoisotopic (exact) mass is 181 g/mol. The fraction of sp³-hybridized carbons (Fsp3) is 0.400. The maximum absolute atomic E-state index is 3.39. The molecule has 0 aliphatic carbocycles. The number of allylic oxidation sites excluding steroid dienone is 1. The van der Waals surface area contributed by atoms with Crippen molar-refractivity contribution in [2.24, 2.45) is 0 Å². The molecule has 2 heteroatoms. The highest BCUT2D eigenvalue weighted by Crippen LogP contribution is 2.17. The summed E-state index contributed by atoms with van der Waals surface area (Å²) >= 11 is 1.78. The first-order chi connectivity index (χ1) is 5.88. The van der Waals surface area contributed by atoms with Gasteiger partial charge in [0.05, 0.1) is 0 Å². The fourth-order valence-electron chi connectivity index (χ4n) is 1.02. The molecule has 1 rings (SSSR count). The molecular formula is C10H15NS.